The highest BCUT2D eigenvalue weighted by atomic mass is 19.1. The second kappa shape index (κ2) is 6.02. The van der Waals surface area contributed by atoms with Gasteiger partial charge in [-0.2, -0.15) is 0 Å². The number of halogens is 1. The number of amides is 1. The van der Waals surface area contributed by atoms with Crippen LogP contribution in [0, 0.1) is 5.82 Å². The first kappa shape index (κ1) is 13.8. The third kappa shape index (κ3) is 3.23. The van der Waals surface area contributed by atoms with Gasteiger partial charge in [-0.15, -0.1) is 0 Å². The van der Waals surface area contributed by atoms with E-state index >= 15 is 0 Å². The summed E-state index contributed by atoms with van der Waals surface area (Å²) in [5.41, 5.74) is 0.138. The fourth-order valence-corrected chi connectivity index (χ4v) is 2.35. The molecule has 5 heteroatoms. The van der Waals surface area contributed by atoms with E-state index in [9.17, 15) is 14.3 Å². The molecule has 0 aromatic heterocycles. The lowest BCUT2D eigenvalue weighted by molar-refractivity contribution is 0.00713. The van der Waals surface area contributed by atoms with Crippen molar-refractivity contribution in [2.24, 2.45) is 0 Å². The molecule has 1 aromatic rings. The van der Waals surface area contributed by atoms with Gasteiger partial charge in [-0.1, -0.05) is 0 Å². The summed E-state index contributed by atoms with van der Waals surface area (Å²) in [6.45, 7) is 3.70. The minimum Gasteiger partial charge on any atom is -0.507 e. The Hall–Kier alpha value is -1.62. The number of hydrogen-bond donors (Lipinski definition) is 1. The Bertz CT molecular complexity index is 462. The van der Waals surface area contributed by atoms with Gasteiger partial charge in [0.05, 0.1) is 11.7 Å². The van der Waals surface area contributed by atoms with E-state index in [0.29, 0.717) is 19.7 Å². The van der Waals surface area contributed by atoms with Crippen LogP contribution in [0.15, 0.2) is 18.2 Å². The van der Waals surface area contributed by atoms with Crippen molar-refractivity contribution in [1.82, 2.24) is 4.90 Å². The van der Waals surface area contributed by atoms with Gasteiger partial charge in [0, 0.05) is 25.8 Å². The molecule has 2 rings (SSSR count). The Kier molecular flexibility index (Phi) is 4.37. The van der Waals surface area contributed by atoms with E-state index in [2.05, 4.69) is 0 Å². The zero-order chi connectivity index (χ0) is 13.8. The summed E-state index contributed by atoms with van der Waals surface area (Å²) < 4.78 is 18.4. The van der Waals surface area contributed by atoms with Crippen LogP contribution in [0.1, 0.15) is 30.1 Å². The predicted octanol–water partition coefficient (Wildman–Crippen LogP) is 2.17. The summed E-state index contributed by atoms with van der Waals surface area (Å²) in [5, 5.41) is 9.64. The predicted molar refractivity (Wildman–Crippen MR) is 68.6 cm³/mol. The molecule has 1 amide bonds. The number of benzene rings is 1. The molecule has 1 saturated heterocycles. The van der Waals surface area contributed by atoms with Crippen molar-refractivity contribution < 1.29 is 19.0 Å². The molecule has 1 atom stereocenters. The van der Waals surface area contributed by atoms with Crippen LogP contribution in [-0.2, 0) is 4.74 Å². The summed E-state index contributed by atoms with van der Waals surface area (Å²) in [7, 11) is 0. The molecule has 0 radical (unpaired) electrons. The molecule has 1 unspecified atom stereocenters. The molecule has 19 heavy (non-hydrogen) atoms. The molecule has 1 heterocycles. The molecule has 0 bridgehead atoms. The van der Waals surface area contributed by atoms with Crippen LogP contribution in [0.25, 0.3) is 0 Å². The highest BCUT2D eigenvalue weighted by molar-refractivity contribution is 5.96. The number of rotatable bonds is 3. The summed E-state index contributed by atoms with van der Waals surface area (Å²) in [6, 6.07) is 3.45. The second-order valence-corrected chi connectivity index (χ2v) is 4.63. The van der Waals surface area contributed by atoms with E-state index < -0.39 is 5.82 Å². The first-order valence-corrected chi connectivity index (χ1v) is 6.51. The third-order valence-electron chi connectivity index (χ3n) is 3.26. The van der Waals surface area contributed by atoms with Gasteiger partial charge in [0.25, 0.3) is 5.91 Å². The van der Waals surface area contributed by atoms with Gasteiger partial charge in [0.2, 0.25) is 0 Å². The zero-order valence-electron chi connectivity index (χ0n) is 10.9. The van der Waals surface area contributed by atoms with Gasteiger partial charge in [-0.25, -0.2) is 4.39 Å². The van der Waals surface area contributed by atoms with Crippen LogP contribution in [0.5, 0.6) is 5.75 Å². The number of carbonyl (C=O) groups is 1. The number of carbonyl (C=O) groups excluding carboxylic acids is 1. The van der Waals surface area contributed by atoms with Gasteiger partial charge in [-0.3, -0.25) is 4.79 Å². The minimum absolute atomic E-state index is 0.0466. The van der Waals surface area contributed by atoms with Crippen LogP contribution < -0.4 is 0 Å². The number of nitrogens with zero attached hydrogens (tertiary/aromatic N) is 1. The summed E-state index contributed by atoms with van der Waals surface area (Å²) in [6.07, 6.45) is 1.86. The summed E-state index contributed by atoms with van der Waals surface area (Å²) in [5.74, 6) is -1.15. The van der Waals surface area contributed by atoms with E-state index in [1.165, 1.54) is 12.1 Å². The van der Waals surface area contributed by atoms with E-state index in [1.807, 2.05) is 6.92 Å². The molecular formula is C14H18FNO3. The first-order chi connectivity index (χ1) is 9.11. The lowest BCUT2D eigenvalue weighted by Gasteiger charge is -2.32. The number of ether oxygens (including phenoxy) is 1. The molecule has 1 aliphatic heterocycles. The Morgan fingerprint density at radius 3 is 3.05 bits per heavy atom. The maximum absolute atomic E-state index is 12.9. The van der Waals surface area contributed by atoms with Crippen LogP contribution in [0.4, 0.5) is 4.39 Å². The number of piperidine rings is 1. The Morgan fingerprint density at radius 2 is 2.37 bits per heavy atom. The fourth-order valence-electron chi connectivity index (χ4n) is 2.35. The van der Waals surface area contributed by atoms with Crippen LogP contribution in [0.3, 0.4) is 0 Å². The SMILES string of the molecule is CCOC1CCCN(C(=O)c2ccc(F)cc2O)C1. The molecule has 104 valence electrons. The molecule has 0 saturated carbocycles. The Balaban J connectivity index is 2.10. The Morgan fingerprint density at radius 1 is 1.58 bits per heavy atom. The normalized spacial score (nSPS) is 19.5. The molecule has 4 nitrogen and oxygen atoms in total. The molecular weight excluding hydrogens is 249 g/mol. The van der Waals surface area contributed by atoms with Crippen molar-refractivity contribution in [3.05, 3.63) is 29.6 Å². The highest BCUT2D eigenvalue weighted by Gasteiger charge is 2.26. The molecule has 1 aromatic carbocycles. The lowest BCUT2D eigenvalue weighted by Crippen LogP contribution is -2.43. The summed E-state index contributed by atoms with van der Waals surface area (Å²) >= 11 is 0. The monoisotopic (exact) mass is 267 g/mol. The number of phenols is 1. The van der Waals surface area contributed by atoms with Crippen LogP contribution >= 0.6 is 0 Å². The van der Waals surface area contributed by atoms with Crippen LogP contribution in [-0.4, -0.2) is 41.7 Å². The van der Waals surface area contributed by atoms with E-state index in [0.717, 1.165) is 18.9 Å². The Labute approximate surface area is 111 Å². The van der Waals surface area contributed by atoms with E-state index in [-0.39, 0.29) is 23.3 Å². The topological polar surface area (TPSA) is 49.8 Å². The number of likely N-dealkylation sites (tertiary alicyclic amines) is 1. The van der Waals surface area contributed by atoms with E-state index in [4.69, 9.17) is 4.74 Å². The lowest BCUT2D eigenvalue weighted by atomic mass is 10.1. The first-order valence-electron chi connectivity index (χ1n) is 6.51. The minimum atomic E-state index is -0.556. The average molecular weight is 267 g/mol. The van der Waals surface area contributed by atoms with Gasteiger partial charge in [0.1, 0.15) is 11.6 Å². The second-order valence-electron chi connectivity index (χ2n) is 4.63. The number of aromatic hydroxyl groups is 1. The molecule has 0 spiro atoms. The molecule has 1 aliphatic rings. The largest absolute Gasteiger partial charge is 0.507 e. The fraction of sp³-hybridized carbons (Fsp3) is 0.500. The molecule has 1 fully saturated rings. The number of phenolic OH excluding ortho intramolecular Hbond substituents is 1. The van der Waals surface area contributed by atoms with Crippen molar-refractivity contribution in [3.63, 3.8) is 0 Å². The molecule has 1 N–H and O–H groups in total. The standard InChI is InChI=1S/C14H18FNO3/c1-2-19-11-4-3-7-16(9-11)14(18)12-6-5-10(15)8-13(12)17/h5-6,8,11,17H,2-4,7,9H2,1H3. The zero-order valence-corrected chi connectivity index (χ0v) is 10.9. The maximum Gasteiger partial charge on any atom is 0.257 e. The van der Waals surface area contributed by atoms with Crippen molar-refractivity contribution in [2.75, 3.05) is 19.7 Å². The average Bonchev–Trinajstić information content (AvgIpc) is 2.39. The van der Waals surface area contributed by atoms with Crippen molar-refractivity contribution >= 4 is 5.91 Å². The summed E-state index contributed by atoms with van der Waals surface area (Å²) in [4.78, 5) is 13.9. The maximum atomic E-state index is 12.9. The van der Waals surface area contributed by atoms with Crippen molar-refractivity contribution in [1.29, 1.82) is 0 Å². The highest BCUT2D eigenvalue weighted by Crippen LogP contribution is 2.22. The van der Waals surface area contributed by atoms with Gasteiger partial charge in [0.15, 0.2) is 0 Å². The van der Waals surface area contributed by atoms with Gasteiger partial charge >= 0.3 is 0 Å². The van der Waals surface area contributed by atoms with Gasteiger partial charge in [-0.05, 0) is 31.9 Å². The van der Waals surface area contributed by atoms with Crippen molar-refractivity contribution in [3.8, 4) is 5.75 Å². The number of hydrogen-bond acceptors (Lipinski definition) is 3. The van der Waals surface area contributed by atoms with Gasteiger partial charge < -0.3 is 14.7 Å². The van der Waals surface area contributed by atoms with Crippen molar-refractivity contribution in [2.45, 2.75) is 25.9 Å². The smallest absolute Gasteiger partial charge is 0.257 e. The molecule has 0 aliphatic carbocycles. The quantitative estimate of drug-likeness (QED) is 0.913. The van der Waals surface area contributed by atoms with Crippen LogP contribution in [0.2, 0.25) is 0 Å². The third-order valence-corrected chi connectivity index (χ3v) is 3.26. The van der Waals surface area contributed by atoms with E-state index in [1.54, 1.807) is 4.90 Å².